The number of benzene rings is 1. The average Bonchev–Trinajstić information content (AvgIpc) is 3.30. The van der Waals surface area contributed by atoms with Gasteiger partial charge in [-0.15, -0.1) is 10.2 Å². The maximum atomic E-state index is 11.9. The zero-order chi connectivity index (χ0) is 18.4. The molecule has 0 aliphatic carbocycles. The lowest BCUT2D eigenvalue weighted by molar-refractivity contribution is -0.118. The van der Waals surface area contributed by atoms with E-state index in [2.05, 4.69) is 20.7 Å². The van der Waals surface area contributed by atoms with Crippen molar-refractivity contribution in [2.24, 2.45) is 5.10 Å². The van der Waals surface area contributed by atoms with Crippen LogP contribution in [-0.2, 0) is 11.3 Å². The maximum Gasteiger partial charge on any atom is 0.250 e. The van der Waals surface area contributed by atoms with Crippen LogP contribution in [-0.4, -0.2) is 32.6 Å². The number of nitrogens with zero attached hydrogens (tertiary/aromatic N) is 4. The molecule has 0 radical (unpaired) electrons. The molecule has 1 N–H and O–H groups in total. The third-order valence-corrected chi connectivity index (χ3v) is 4.61. The highest BCUT2D eigenvalue weighted by Gasteiger charge is 2.14. The van der Waals surface area contributed by atoms with Gasteiger partial charge in [-0.1, -0.05) is 23.4 Å². The van der Waals surface area contributed by atoms with Crippen LogP contribution in [0.25, 0.3) is 11.4 Å². The molecule has 0 unspecified atom stereocenters. The second-order valence-electron chi connectivity index (χ2n) is 5.15. The third kappa shape index (κ3) is 4.53. The fourth-order valence-electron chi connectivity index (χ4n) is 2.19. The zero-order valence-corrected chi connectivity index (χ0v) is 15.5. The van der Waals surface area contributed by atoms with Gasteiger partial charge in [0.25, 0.3) is 5.91 Å². The fraction of sp³-hybridized carbons (Fsp3) is 0.176. The van der Waals surface area contributed by atoms with Crippen molar-refractivity contribution in [3.8, 4) is 11.4 Å². The predicted molar refractivity (Wildman–Crippen MR) is 101 cm³/mol. The molecule has 0 atom stereocenters. The quantitative estimate of drug-likeness (QED) is 0.380. The minimum Gasteiger partial charge on any atom is -0.463 e. The van der Waals surface area contributed by atoms with E-state index in [1.54, 1.807) is 12.1 Å². The van der Waals surface area contributed by atoms with Gasteiger partial charge in [-0.05, 0) is 43.3 Å². The summed E-state index contributed by atoms with van der Waals surface area (Å²) in [6.45, 7) is 2.69. The number of carbonyl (C=O) groups excluding carboxylic acids is 1. The number of furan rings is 1. The van der Waals surface area contributed by atoms with Crippen LogP contribution in [0.2, 0.25) is 5.02 Å². The molecule has 3 rings (SSSR count). The van der Waals surface area contributed by atoms with Crippen LogP contribution < -0.4 is 5.43 Å². The van der Waals surface area contributed by atoms with Gasteiger partial charge in [0.1, 0.15) is 5.76 Å². The summed E-state index contributed by atoms with van der Waals surface area (Å²) in [5.41, 5.74) is 3.37. The summed E-state index contributed by atoms with van der Waals surface area (Å²) in [6, 6.07) is 10.9. The highest BCUT2D eigenvalue weighted by molar-refractivity contribution is 7.99. The van der Waals surface area contributed by atoms with Gasteiger partial charge in [0, 0.05) is 17.1 Å². The third-order valence-electron chi connectivity index (χ3n) is 3.39. The number of carbonyl (C=O) groups is 1. The van der Waals surface area contributed by atoms with Crippen LogP contribution in [0.4, 0.5) is 0 Å². The first kappa shape index (κ1) is 18.2. The van der Waals surface area contributed by atoms with Crippen molar-refractivity contribution in [3.05, 3.63) is 53.4 Å². The highest BCUT2D eigenvalue weighted by Crippen LogP contribution is 2.24. The molecule has 0 aliphatic heterocycles. The lowest BCUT2D eigenvalue weighted by Gasteiger charge is -2.07. The number of hydrazone groups is 1. The van der Waals surface area contributed by atoms with E-state index in [1.165, 1.54) is 24.2 Å². The Morgan fingerprint density at radius 1 is 1.35 bits per heavy atom. The minimum atomic E-state index is -0.239. The number of hydrogen-bond donors (Lipinski definition) is 1. The molecule has 0 saturated carbocycles. The van der Waals surface area contributed by atoms with Crippen LogP contribution in [0.5, 0.6) is 0 Å². The molecule has 1 aromatic carbocycles. The Balaban J connectivity index is 1.61. The van der Waals surface area contributed by atoms with Crippen LogP contribution in [0.1, 0.15) is 12.7 Å². The molecular formula is C17H16ClN5O2S. The minimum absolute atomic E-state index is 0.175. The number of thioether (sulfide) groups is 1. The number of halogens is 1. The topological polar surface area (TPSA) is 85.3 Å². The van der Waals surface area contributed by atoms with E-state index >= 15 is 0 Å². The summed E-state index contributed by atoms with van der Waals surface area (Å²) in [6.07, 6.45) is 2.98. The predicted octanol–water partition coefficient (Wildman–Crippen LogP) is 3.45. The first-order valence-corrected chi connectivity index (χ1v) is 9.21. The molecule has 7 nitrogen and oxygen atoms in total. The summed E-state index contributed by atoms with van der Waals surface area (Å²) >= 11 is 7.23. The number of rotatable bonds is 7. The van der Waals surface area contributed by atoms with Crippen molar-refractivity contribution < 1.29 is 9.21 Å². The van der Waals surface area contributed by atoms with Gasteiger partial charge in [-0.25, -0.2) is 5.43 Å². The maximum absolute atomic E-state index is 11.9. The van der Waals surface area contributed by atoms with Gasteiger partial charge in [0.2, 0.25) is 0 Å². The normalized spacial score (nSPS) is 11.2. The summed E-state index contributed by atoms with van der Waals surface area (Å²) < 4.78 is 7.04. The van der Waals surface area contributed by atoms with Crippen LogP contribution in [0.15, 0.2) is 57.3 Å². The Bertz CT molecular complexity index is 891. The average molecular weight is 390 g/mol. The van der Waals surface area contributed by atoms with Crippen molar-refractivity contribution in [3.63, 3.8) is 0 Å². The van der Waals surface area contributed by atoms with Gasteiger partial charge >= 0.3 is 0 Å². The van der Waals surface area contributed by atoms with Gasteiger partial charge in [-0.3, -0.25) is 4.79 Å². The lowest BCUT2D eigenvalue weighted by Crippen LogP contribution is -2.20. The first-order valence-electron chi connectivity index (χ1n) is 7.84. The summed E-state index contributed by atoms with van der Waals surface area (Å²) in [7, 11) is 0. The summed E-state index contributed by atoms with van der Waals surface area (Å²) in [5.74, 6) is 1.24. The number of amides is 1. The van der Waals surface area contributed by atoms with Crippen LogP contribution >= 0.6 is 23.4 Å². The number of nitrogens with one attached hydrogen (secondary N) is 1. The molecule has 0 bridgehead atoms. The second kappa shape index (κ2) is 8.68. The van der Waals surface area contributed by atoms with E-state index in [1.807, 2.05) is 35.8 Å². The van der Waals surface area contributed by atoms with Crippen molar-refractivity contribution in [2.45, 2.75) is 18.6 Å². The van der Waals surface area contributed by atoms with Gasteiger partial charge in [-0.2, -0.15) is 5.10 Å². The largest absolute Gasteiger partial charge is 0.463 e. The van der Waals surface area contributed by atoms with Gasteiger partial charge in [0.15, 0.2) is 11.0 Å². The molecule has 1 amide bonds. The molecule has 2 heterocycles. The van der Waals surface area contributed by atoms with Gasteiger partial charge < -0.3 is 8.98 Å². The molecule has 0 saturated heterocycles. The first-order chi connectivity index (χ1) is 12.7. The Labute approximate surface area is 159 Å². The van der Waals surface area contributed by atoms with E-state index in [9.17, 15) is 4.79 Å². The van der Waals surface area contributed by atoms with Crippen molar-refractivity contribution in [1.29, 1.82) is 0 Å². The lowest BCUT2D eigenvalue weighted by atomic mass is 10.2. The zero-order valence-electron chi connectivity index (χ0n) is 13.9. The second-order valence-corrected chi connectivity index (χ2v) is 6.53. The van der Waals surface area contributed by atoms with Gasteiger partial charge in [0.05, 0.1) is 18.2 Å². The Kier molecular flexibility index (Phi) is 6.08. The van der Waals surface area contributed by atoms with Crippen molar-refractivity contribution in [2.75, 3.05) is 5.75 Å². The standard InChI is InChI=1S/C17H16ClN5O2S/c1-2-23-16(12-5-7-13(18)8-6-12)21-22-17(23)26-11-15(24)20-19-10-14-4-3-9-25-14/h3-10H,2,11H2,1H3,(H,20,24)/b19-10-. The van der Waals surface area contributed by atoms with Crippen molar-refractivity contribution in [1.82, 2.24) is 20.2 Å². The molecule has 2 aromatic heterocycles. The Hall–Kier alpha value is -2.58. The molecule has 0 spiro atoms. The molecule has 0 fully saturated rings. The number of hydrogen-bond acceptors (Lipinski definition) is 6. The SMILES string of the molecule is CCn1c(SCC(=O)N/N=C\c2ccco2)nnc1-c1ccc(Cl)cc1. The van der Waals surface area contributed by atoms with E-state index in [0.717, 1.165) is 11.4 Å². The summed E-state index contributed by atoms with van der Waals surface area (Å²) in [5, 5.41) is 13.6. The highest BCUT2D eigenvalue weighted by atomic mass is 35.5. The molecule has 134 valence electrons. The molecule has 0 aliphatic rings. The monoisotopic (exact) mass is 389 g/mol. The van der Waals surface area contributed by atoms with Crippen molar-refractivity contribution >= 4 is 35.5 Å². The fourth-order valence-corrected chi connectivity index (χ4v) is 3.11. The van der Waals surface area contributed by atoms with Crippen LogP contribution in [0.3, 0.4) is 0 Å². The smallest absolute Gasteiger partial charge is 0.250 e. The van der Waals surface area contributed by atoms with E-state index in [0.29, 0.717) is 22.5 Å². The van der Waals surface area contributed by atoms with E-state index in [-0.39, 0.29) is 11.7 Å². The molecule has 3 aromatic rings. The van der Waals surface area contributed by atoms with Crippen LogP contribution in [0, 0.1) is 0 Å². The Morgan fingerprint density at radius 2 is 2.15 bits per heavy atom. The molecule has 26 heavy (non-hydrogen) atoms. The Morgan fingerprint density at radius 3 is 2.85 bits per heavy atom. The van der Waals surface area contributed by atoms with E-state index < -0.39 is 0 Å². The van der Waals surface area contributed by atoms with E-state index in [4.69, 9.17) is 16.0 Å². The molecule has 9 heteroatoms. The number of aromatic nitrogens is 3. The summed E-state index contributed by atoms with van der Waals surface area (Å²) in [4.78, 5) is 11.9. The molecular weight excluding hydrogens is 374 g/mol.